The van der Waals surface area contributed by atoms with Gasteiger partial charge in [0.1, 0.15) is 0 Å². The summed E-state index contributed by atoms with van der Waals surface area (Å²) in [5, 5.41) is 0. The second kappa shape index (κ2) is 3.03. The zero-order valence-corrected chi connectivity index (χ0v) is 7.03. The van der Waals surface area contributed by atoms with E-state index in [4.69, 9.17) is 10.5 Å². The van der Waals surface area contributed by atoms with Gasteiger partial charge in [-0.3, -0.25) is 9.69 Å². The fraction of sp³-hybridized carbons (Fsp3) is 0.875. The van der Waals surface area contributed by atoms with Gasteiger partial charge < -0.3 is 10.5 Å². The molecule has 2 atom stereocenters. The van der Waals surface area contributed by atoms with Crippen molar-refractivity contribution in [3.05, 3.63) is 0 Å². The molecule has 12 heavy (non-hydrogen) atoms. The normalized spacial score (nSPS) is 34.3. The van der Waals surface area contributed by atoms with E-state index in [1.54, 1.807) is 0 Å². The molecular formula is C8H14N2O2. The summed E-state index contributed by atoms with van der Waals surface area (Å²) in [6.45, 7) is 2.63. The predicted molar refractivity (Wildman–Crippen MR) is 43.5 cm³/mol. The first-order chi connectivity index (χ1) is 5.75. The molecule has 2 N–H and O–H groups in total. The minimum Gasteiger partial charge on any atom is -0.375 e. The molecule has 2 heterocycles. The highest BCUT2D eigenvalue weighted by Crippen LogP contribution is 2.27. The molecule has 2 rings (SSSR count). The molecule has 2 fully saturated rings. The number of fused-ring (bicyclic) bond motifs is 2. The summed E-state index contributed by atoms with van der Waals surface area (Å²) < 4.78 is 5.43. The summed E-state index contributed by atoms with van der Waals surface area (Å²) in [5.41, 5.74) is 5.07. The van der Waals surface area contributed by atoms with Gasteiger partial charge in [-0.15, -0.1) is 0 Å². The second-order valence-electron chi connectivity index (χ2n) is 3.56. The number of primary amides is 1. The molecule has 2 bridgehead atoms. The van der Waals surface area contributed by atoms with E-state index < -0.39 is 0 Å². The van der Waals surface area contributed by atoms with Gasteiger partial charge in [0.2, 0.25) is 5.91 Å². The van der Waals surface area contributed by atoms with E-state index in [2.05, 4.69) is 4.90 Å². The monoisotopic (exact) mass is 170 g/mol. The third-order valence-corrected chi connectivity index (χ3v) is 2.66. The van der Waals surface area contributed by atoms with Crippen molar-refractivity contribution in [2.24, 2.45) is 5.73 Å². The maximum Gasteiger partial charge on any atom is 0.218 e. The fourth-order valence-electron chi connectivity index (χ4n) is 2.01. The van der Waals surface area contributed by atoms with Crippen molar-refractivity contribution in [1.29, 1.82) is 0 Å². The van der Waals surface area contributed by atoms with Gasteiger partial charge in [-0.2, -0.15) is 0 Å². The Bertz CT molecular complexity index is 195. The Morgan fingerprint density at radius 1 is 1.67 bits per heavy atom. The van der Waals surface area contributed by atoms with E-state index in [1.807, 2.05) is 0 Å². The first kappa shape index (κ1) is 8.01. The smallest absolute Gasteiger partial charge is 0.218 e. The number of rotatable bonds is 3. The largest absolute Gasteiger partial charge is 0.375 e. The summed E-state index contributed by atoms with van der Waals surface area (Å²) in [5.74, 6) is -0.210. The standard InChI is InChI=1S/C8H14N2O2/c9-8(11)1-2-10-4-7-3-6(10)5-12-7/h6-7H,1-5H2,(H2,9,11). The van der Waals surface area contributed by atoms with Gasteiger partial charge in [0.05, 0.1) is 12.7 Å². The van der Waals surface area contributed by atoms with Gasteiger partial charge in [-0.25, -0.2) is 0 Å². The van der Waals surface area contributed by atoms with Crippen molar-refractivity contribution in [3.8, 4) is 0 Å². The molecule has 0 aliphatic carbocycles. The molecule has 68 valence electrons. The molecule has 2 unspecified atom stereocenters. The predicted octanol–water partition coefficient (Wildman–Crippen LogP) is -0.665. The number of likely N-dealkylation sites (tertiary alicyclic amines) is 1. The zero-order chi connectivity index (χ0) is 8.55. The van der Waals surface area contributed by atoms with E-state index in [0.717, 1.165) is 26.1 Å². The van der Waals surface area contributed by atoms with E-state index >= 15 is 0 Å². The Hall–Kier alpha value is -0.610. The zero-order valence-electron chi connectivity index (χ0n) is 7.03. The molecule has 0 aromatic heterocycles. The Morgan fingerprint density at radius 2 is 2.50 bits per heavy atom. The topological polar surface area (TPSA) is 55.6 Å². The lowest BCUT2D eigenvalue weighted by Crippen LogP contribution is -2.38. The summed E-state index contributed by atoms with van der Waals surface area (Å²) >= 11 is 0. The van der Waals surface area contributed by atoms with E-state index in [-0.39, 0.29) is 5.91 Å². The number of hydrogen-bond acceptors (Lipinski definition) is 3. The highest BCUT2D eigenvalue weighted by Gasteiger charge is 2.38. The molecule has 4 heteroatoms. The minimum atomic E-state index is -0.210. The van der Waals surface area contributed by atoms with Crippen LogP contribution in [0, 0.1) is 0 Å². The van der Waals surface area contributed by atoms with Gasteiger partial charge in [-0.1, -0.05) is 0 Å². The number of carbonyl (C=O) groups is 1. The third-order valence-electron chi connectivity index (χ3n) is 2.66. The van der Waals surface area contributed by atoms with Gasteiger partial charge in [-0.05, 0) is 6.42 Å². The average molecular weight is 170 g/mol. The van der Waals surface area contributed by atoms with Crippen LogP contribution in [0.1, 0.15) is 12.8 Å². The summed E-state index contributed by atoms with van der Waals surface area (Å²) in [4.78, 5) is 12.8. The van der Waals surface area contributed by atoms with Gasteiger partial charge in [0, 0.05) is 25.6 Å². The maximum atomic E-state index is 10.5. The number of morpholine rings is 1. The fourth-order valence-corrected chi connectivity index (χ4v) is 2.01. The molecule has 2 aliphatic heterocycles. The first-order valence-electron chi connectivity index (χ1n) is 4.39. The lowest BCUT2D eigenvalue weighted by Gasteiger charge is -2.25. The maximum absolute atomic E-state index is 10.5. The van der Waals surface area contributed by atoms with Crippen molar-refractivity contribution in [3.63, 3.8) is 0 Å². The molecule has 0 aromatic rings. The lowest BCUT2D eigenvalue weighted by atomic mass is 10.2. The Kier molecular flexibility index (Phi) is 2.02. The van der Waals surface area contributed by atoms with Crippen LogP contribution in [0.15, 0.2) is 0 Å². The summed E-state index contributed by atoms with van der Waals surface area (Å²) in [6, 6.07) is 0.550. The molecule has 2 saturated heterocycles. The molecule has 2 aliphatic rings. The number of nitrogens with zero attached hydrogens (tertiary/aromatic N) is 1. The van der Waals surface area contributed by atoms with Crippen LogP contribution in [0.2, 0.25) is 0 Å². The summed E-state index contributed by atoms with van der Waals surface area (Å²) in [7, 11) is 0. The second-order valence-corrected chi connectivity index (χ2v) is 3.56. The molecule has 0 spiro atoms. The Balaban J connectivity index is 1.79. The Morgan fingerprint density at radius 3 is 3.00 bits per heavy atom. The van der Waals surface area contributed by atoms with Gasteiger partial charge in [0.25, 0.3) is 0 Å². The van der Waals surface area contributed by atoms with Crippen LogP contribution >= 0.6 is 0 Å². The van der Waals surface area contributed by atoms with Crippen molar-refractivity contribution in [2.75, 3.05) is 19.7 Å². The SMILES string of the molecule is NC(=O)CCN1CC2CC1CO2. The van der Waals surface area contributed by atoms with Crippen molar-refractivity contribution >= 4 is 5.91 Å². The molecule has 1 amide bonds. The molecular weight excluding hydrogens is 156 g/mol. The van der Waals surface area contributed by atoms with E-state index in [9.17, 15) is 4.79 Å². The molecule has 4 nitrogen and oxygen atoms in total. The van der Waals surface area contributed by atoms with E-state index in [0.29, 0.717) is 18.6 Å². The highest BCUT2D eigenvalue weighted by atomic mass is 16.5. The molecule has 0 radical (unpaired) electrons. The summed E-state index contributed by atoms with van der Waals surface area (Å²) in [6.07, 6.45) is 2.03. The molecule has 0 saturated carbocycles. The first-order valence-corrected chi connectivity index (χ1v) is 4.39. The van der Waals surface area contributed by atoms with Crippen molar-refractivity contribution in [1.82, 2.24) is 4.90 Å². The van der Waals surface area contributed by atoms with Crippen LogP contribution < -0.4 is 5.73 Å². The lowest BCUT2D eigenvalue weighted by molar-refractivity contribution is -0.118. The number of carbonyl (C=O) groups excluding carboxylic acids is 1. The third kappa shape index (κ3) is 1.44. The Labute approximate surface area is 71.7 Å². The number of hydrogen-bond donors (Lipinski definition) is 1. The van der Waals surface area contributed by atoms with Gasteiger partial charge in [0.15, 0.2) is 0 Å². The quantitative estimate of drug-likeness (QED) is 0.611. The van der Waals surface area contributed by atoms with Crippen LogP contribution in [-0.4, -0.2) is 42.6 Å². The van der Waals surface area contributed by atoms with Crippen molar-refractivity contribution in [2.45, 2.75) is 25.0 Å². The van der Waals surface area contributed by atoms with Crippen LogP contribution in [0.4, 0.5) is 0 Å². The van der Waals surface area contributed by atoms with Crippen LogP contribution in [0.5, 0.6) is 0 Å². The highest BCUT2D eigenvalue weighted by molar-refractivity contribution is 5.73. The van der Waals surface area contributed by atoms with Crippen molar-refractivity contribution < 1.29 is 9.53 Å². The minimum absolute atomic E-state index is 0.210. The number of amides is 1. The number of nitrogens with two attached hydrogens (primary N) is 1. The van der Waals surface area contributed by atoms with Crippen LogP contribution in [0.25, 0.3) is 0 Å². The van der Waals surface area contributed by atoms with Crippen LogP contribution in [-0.2, 0) is 9.53 Å². The van der Waals surface area contributed by atoms with E-state index in [1.165, 1.54) is 0 Å². The average Bonchev–Trinajstić information content (AvgIpc) is 2.60. The van der Waals surface area contributed by atoms with Crippen LogP contribution in [0.3, 0.4) is 0 Å². The number of ether oxygens (including phenoxy) is 1. The van der Waals surface area contributed by atoms with Gasteiger partial charge >= 0.3 is 0 Å². The molecule has 0 aromatic carbocycles.